The molecule has 0 saturated carbocycles. The molecule has 0 aliphatic rings. The smallest absolute Gasteiger partial charge is 0.303 e. The maximum Gasteiger partial charge on any atom is 0.303 e. The van der Waals surface area contributed by atoms with E-state index in [1.54, 1.807) is 0 Å². The highest BCUT2D eigenvalue weighted by atomic mass is 33.1. The van der Waals surface area contributed by atoms with Crippen LogP contribution in [0.1, 0.15) is 128 Å². The molecule has 2 atom stereocenters. The van der Waals surface area contributed by atoms with Crippen molar-refractivity contribution in [2.75, 3.05) is 18.1 Å². The number of rotatable bonds is 30. The number of nitrogens with one attached hydrogen (secondary N) is 1. The van der Waals surface area contributed by atoms with Gasteiger partial charge in [0.15, 0.2) is 0 Å². The molecule has 0 aromatic rings. The molecule has 0 aromatic carbocycles. The Labute approximate surface area is 249 Å². The van der Waals surface area contributed by atoms with Crippen LogP contribution in [-0.4, -0.2) is 64.0 Å². The summed E-state index contributed by atoms with van der Waals surface area (Å²) in [6, 6.07) is -1.07. The second kappa shape index (κ2) is 27.8. The lowest BCUT2D eigenvalue weighted by molar-refractivity contribution is -0.138. The first-order valence-electron chi connectivity index (χ1n) is 15.2. The van der Waals surface area contributed by atoms with E-state index in [1.807, 2.05) is 0 Å². The van der Waals surface area contributed by atoms with Gasteiger partial charge in [0.2, 0.25) is 5.91 Å². The van der Waals surface area contributed by atoms with E-state index in [-0.39, 0.29) is 24.5 Å². The molecule has 0 spiro atoms. The normalized spacial score (nSPS) is 12.7. The van der Waals surface area contributed by atoms with Crippen molar-refractivity contribution in [2.45, 2.75) is 141 Å². The molecule has 0 aromatic heterocycles. The fourth-order valence-corrected chi connectivity index (χ4v) is 6.49. The summed E-state index contributed by atoms with van der Waals surface area (Å²) in [5.41, 5.74) is 12.0. The van der Waals surface area contributed by atoms with Crippen molar-refractivity contribution in [3.8, 4) is 0 Å². The van der Waals surface area contributed by atoms with Gasteiger partial charge in [-0.2, -0.15) is 0 Å². The van der Waals surface area contributed by atoms with Crippen LogP contribution in [0.4, 0.5) is 0 Å². The molecule has 40 heavy (non-hydrogen) atoms. The maximum atomic E-state index is 12.3. The number of ketones is 1. The lowest BCUT2D eigenvalue weighted by Crippen LogP contribution is -2.42. The predicted molar refractivity (Wildman–Crippen MR) is 166 cm³/mol. The lowest BCUT2D eigenvalue weighted by atomic mass is 10.0. The van der Waals surface area contributed by atoms with Gasteiger partial charge >= 0.3 is 11.9 Å². The first-order chi connectivity index (χ1) is 19.2. The summed E-state index contributed by atoms with van der Waals surface area (Å²) in [6.07, 6.45) is 18.5. The Bertz CT molecular complexity index is 628. The van der Waals surface area contributed by atoms with Crippen molar-refractivity contribution < 1.29 is 29.4 Å². The standard InChI is InChI=1S/C29H55N3O6S2/c30-24(26(33)18-14-10-6-2-1-3-7-11-15-19-27(34)35)22-39-40-23-25(31)29(38)32-21-17-13-9-5-4-8-12-16-20-28(36)37/h24-25H,1-23,30-31H2,(H,32,38)(H,34,35)(H,36,37). The number of carbonyl (C=O) groups excluding carboxylic acids is 2. The van der Waals surface area contributed by atoms with E-state index in [2.05, 4.69) is 5.32 Å². The lowest BCUT2D eigenvalue weighted by Gasteiger charge is -2.13. The van der Waals surface area contributed by atoms with Crippen LogP contribution in [0.15, 0.2) is 0 Å². The quantitative estimate of drug-likeness (QED) is 0.0506. The van der Waals surface area contributed by atoms with E-state index in [1.165, 1.54) is 21.6 Å². The van der Waals surface area contributed by atoms with Crippen molar-refractivity contribution in [1.82, 2.24) is 5.32 Å². The molecule has 11 heteroatoms. The first kappa shape index (κ1) is 38.7. The van der Waals surface area contributed by atoms with Crippen LogP contribution < -0.4 is 16.8 Å². The van der Waals surface area contributed by atoms with Crippen LogP contribution in [0.25, 0.3) is 0 Å². The molecule has 7 N–H and O–H groups in total. The Hall–Kier alpha value is -1.30. The second-order valence-corrected chi connectivity index (χ2v) is 13.1. The van der Waals surface area contributed by atoms with Crippen molar-refractivity contribution in [3.05, 3.63) is 0 Å². The summed E-state index contributed by atoms with van der Waals surface area (Å²) >= 11 is 0. The number of carboxylic acid groups (broad SMARTS) is 2. The molecule has 234 valence electrons. The van der Waals surface area contributed by atoms with Gasteiger partial charge in [0.25, 0.3) is 0 Å². The Kier molecular flexibility index (Phi) is 26.9. The molecular formula is C29H55N3O6S2. The van der Waals surface area contributed by atoms with E-state index in [0.29, 0.717) is 24.5 Å². The molecule has 0 rings (SSSR count). The van der Waals surface area contributed by atoms with Crippen LogP contribution in [0.3, 0.4) is 0 Å². The van der Waals surface area contributed by atoms with Gasteiger partial charge in [-0.15, -0.1) is 0 Å². The highest BCUT2D eigenvalue weighted by Gasteiger charge is 2.16. The molecular weight excluding hydrogens is 550 g/mol. The fourth-order valence-electron chi connectivity index (χ4n) is 4.21. The molecule has 0 bridgehead atoms. The third-order valence-corrected chi connectivity index (χ3v) is 9.23. The maximum absolute atomic E-state index is 12.3. The number of carbonyl (C=O) groups is 4. The Morgan fingerprint density at radius 3 is 1.30 bits per heavy atom. The van der Waals surface area contributed by atoms with Gasteiger partial charge in [0.05, 0.1) is 12.1 Å². The summed E-state index contributed by atoms with van der Waals surface area (Å²) in [4.78, 5) is 45.3. The largest absolute Gasteiger partial charge is 0.481 e. The summed E-state index contributed by atoms with van der Waals surface area (Å²) in [7, 11) is 2.97. The number of nitrogens with two attached hydrogens (primary N) is 2. The van der Waals surface area contributed by atoms with E-state index in [0.717, 1.165) is 109 Å². The molecule has 0 fully saturated rings. The van der Waals surface area contributed by atoms with Crippen LogP contribution in [0, 0.1) is 0 Å². The Morgan fingerprint density at radius 2 is 0.875 bits per heavy atom. The van der Waals surface area contributed by atoms with Gasteiger partial charge < -0.3 is 27.0 Å². The van der Waals surface area contributed by atoms with Gasteiger partial charge in [0, 0.05) is 37.3 Å². The average Bonchev–Trinajstić information content (AvgIpc) is 2.91. The number of hydrogen-bond donors (Lipinski definition) is 5. The van der Waals surface area contributed by atoms with Gasteiger partial charge in [-0.05, 0) is 25.7 Å². The minimum atomic E-state index is -0.722. The van der Waals surface area contributed by atoms with Crippen molar-refractivity contribution in [1.29, 1.82) is 0 Å². The van der Waals surface area contributed by atoms with E-state index in [4.69, 9.17) is 21.7 Å². The molecule has 0 aliphatic carbocycles. The zero-order chi connectivity index (χ0) is 29.8. The second-order valence-electron chi connectivity index (χ2n) is 10.6. The first-order valence-corrected chi connectivity index (χ1v) is 17.7. The van der Waals surface area contributed by atoms with Crippen LogP contribution >= 0.6 is 21.6 Å². The minimum Gasteiger partial charge on any atom is -0.481 e. The molecule has 0 heterocycles. The number of unbranched alkanes of at least 4 members (excludes halogenated alkanes) is 15. The number of Topliss-reactive ketones (excluding diaryl/α,β-unsaturated/α-hetero) is 1. The minimum absolute atomic E-state index is 0.0896. The molecule has 9 nitrogen and oxygen atoms in total. The topological polar surface area (TPSA) is 173 Å². The predicted octanol–water partition coefficient (Wildman–Crippen LogP) is 5.68. The van der Waals surface area contributed by atoms with Crippen molar-refractivity contribution in [2.24, 2.45) is 11.5 Å². The monoisotopic (exact) mass is 605 g/mol. The van der Waals surface area contributed by atoms with Crippen molar-refractivity contribution in [3.63, 3.8) is 0 Å². The number of hydrogen-bond acceptors (Lipinski definition) is 8. The molecule has 0 aliphatic heterocycles. The van der Waals surface area contributed by atoms with Crippen LogP contribution in [0.5, 0.6) is 0 Å². The summed E-state index contributed by atoms with van der Waals surface area (Å²) in [5, 5.41) is 20.1. The number of amides is 1. The van der Waals surface area contributed by atoms with Gasteiger partial charge in [0.1, 0.15) is 5.78 Å². The molecule has 1 amide bonds. The molecule has 0 radical (unpaired) electrons. The summed E-state index contributed by atoms with van der Waals surface area (Å²) in [5.74, 6) is -0.513. The van der Waals surface area contributed by atoms with Crippen LogP contribution in [-0.2, 0) is 19.2 Å². The van der Waals surface area contributed by atoms with Gasteiger partial charge in [-0.3, -0.25) is 19.2 Å². The van der Waals surface area contributed by atoms with Gasteiger partial charge in [-0.25, -0.2) is 0 Å². The zero-order valence-corrected chi connectivity index (χ0v) is 26.0. The zero-order valence-electron chi connectivity index (χ0n) is 24.4. The van der Waals surface area contributed by atoms with E-state index < -0.39 is 24.0 Å². The average molecular weight is 606 g/mol. The third-order valence-electron chi connectivity index (χ3n) is 6.76. The Balaban J connectivity index is 3.56. The highest BCUT2D eigenvalue weighted by Crippen LogP contribution is 2.23. The number of carboxylic acids is 2. The fraction of sp³-hybridized carbons (Fsp3) is 0.862. The van der Waals surface area contributed by atoms with E-state index in [9.17, 15) is 19.2 Å². The third kappa shape index (κ3) is 26.9. The van der Waals surface area contributed by atoms with Crippen LogP contribution in [0.2, 0.25) is 0 Å². The Morgan fingerprint density at radius 1 is 0.525 bits per heavy atom. The molecule has 0 saturated heterocycles. The van der Waals surface area contributed by atoms with Gasteiger partial charge in [-0.1, -0.05) is 105 Å². The van der Waals surface area contributed by atoms with E-state index >= 15 is 0 Å². The number of aliphatic carboxylic acids is 2. The summed E-state index contributed by atoms with van der Waals surface area (Å²) < 4.78 is 0. The SMILES string of the molecule is NC(CSSCC(N)C(=O)NCCCCCCCCCCC(=O)O)C(=O)CCCCCCCCCCCC(=O)O. The van der Waals surface area contributed by atoms with Crippen molar-refractivity contribution >= 4 is 45.2 Å². The highest BCUT2D eigenvalue weighted by molar-refractivity contribution is 8.76. The summed E-state index contributed by atoms with van der Waals surface area (Å²) in [6.45, 7) is 0.622. The molecule has 2 unspecified atom stereocenters.